The first kappa shape index (κ1) is 20.7. The molecule has 2 heterocycles. The van der Waals surface area contributed by atoms with Gasteiger partial charge in [-0.3, -0.25) is 14.2 Å². The number of benzene rings is 1. The number of thioether (sulfide) groups is 1. The van der Waals surface area contributed by atoms with Crippen molar-refractivity contribution < 1.29 is 18.7 Å². The Kier molecular flexibility index (Phi) is 6.71. The van der Waals surface area contributed by atoms with Crippen LogP contribution in [0, 0.1) is 6.92 Å². The fourth-order valence-electron chi connectivity index (χ4n) is 2.56. The molecule has 0 aliphatic rings. The predicted molar refractivity (Wildman–Crippen MR) is 109 cm³/mol. The standard InChI is InChI=1S/C20H22N4O4S/c1-4-24-18(16-6-5-11-27-16)22-23-20(24)29-12-17(25)28-14(3)19(26)21-15-9-7-13(2)8-10-15/h5-11,14H,4,12H2,1-3H3,(H,21,26)/t14-/m1/s1. The Morgan fingerprint density at radius 3 is 2.66 bits per heavy atom. The van der Waals surface area contributed by atoms with Crippen LogP contribution in [0.1, 0.15) is 19.4 Å². The third-order valence-electron chi connectivity index (χ3n) is 4.09. The maximum absolute atomic E-state index is 12.2. The number of rotatable bonds is 8. The van der Waals surface area contributed by atoms with Gasteiger partial charge in [0.1, 0.15) is 0 Å². The lowest BCUT2D eigenvalue weighted by Crippen LogP contribution is -2.30. The smallest absolute Gasteiger partial charge is 0.317 e. The van der Waals surface area contributed by atoms with E-state index in [0.717, 1.165) is 5.56 Å². The highest BCUT2D eigenvalue weighted by atomic mass is 32.2. The first-order chi connectivity index (χ1) is 14.0. The molecule has 152 valence electrons. The predicted octanol–water partition coefficient (Wildman–Crippen LogP) is 3.53. The van der Waals surface area contributed by atoms with E-state index in [1.165, 1.54) is 18.7 Å². The number of furan rings is 1. The van der Waals surface area contributed by atoms with Crippen LogP contribution in [-0.4, -0.2) is 38.5 Å². The molecular weight excluding hydrogens is 392 g/mol. The van der Waals surface area contributed by atoms with Gasteiger partial charge in [-0.25, -0.2) is 0 Å². The van der Waals surface area contributed by atoms with Crippen molar-refractivity contribution in [3.05, 3.63) is 48.2 Å². The Labute approximate surface area is 172 Å². The normalized spacial score (nSPS) is 11.8. The van der Waals surface area contributed by atoms with Gasteiger partial charge < -0.3 is 14.5 Å². The second-order valence-electron chi connectivity index (χ2n) is 6.30. The lowest BCUT2D eigenvalue weighted by molar-refractivity contribution is -0.150. The largest absolute Gasteiger partial charge is 0.461 e. The van der Waals surface area contributed by atoms with E-state index >= 15 is 0 Å². The van der Waals surface area contributed by atoms with E-state index in [9.17, 15) is 9.59 Å². The SMILES string of the molecule is CCn1c(SCC(=O)O[C@H](C)C(=O)Nc2ccc(C)cc2)nnc1-c1ccco1. The summed E-state index contributed by atoms with van der Waals surface area (Å²) < 4.78 is 12.5. The molecule has 29 heavy (non-hydrogen) atoms. The van der Waals surface area contributed by atoms with Crippen LogP contribution >= 0.6 is 11.8 Å². The van der Waals surface area contributed by atoms with Crippen molar-refractivity contribution in [3.8, 4) is 11.6 Å². The van der Waals surface area contributed by atoms with Crippen molar-refractivity contribution in [2.24, 2.45) is 0 Å². The lowest BCUT2D eigenvalue weighted by Gasteiger charge is -2.13. The summed E-state index contributed by atoms with van der Waals surface area (Å²) in [6, 6.07) is 11.0. The van der Waals surface area contributed by atoms with Gasteiger partial charge in [-0.15, -0.1) is 10.2 Å². The summed E-state index contributed by atoms with van der Waals surface area (Å²) in [7, 11) is 0. The van der Waals surface area contributed by atoms with Gasteiger partial charge in [0, 0.05) is 12.2 Å². The average Bonchev–Trinajstić information content (AvgIpc) is 3.37. The highest BCUT2D eigenvalue weighted by molar-refractivity contribution is 7.99. The van der Waals surface area contributed by atoms with Crippen molar-refractivity contribution in [2.45, 2.75) is 38.6 Å². The topological polar surface area (TPSA) is 99.2 Å². The first-order valence-electron chi connectivity index (χ1n) is 9.14. The van der Waals surface area contributed by atoms with Crippen LogP contribution in [-0.2, 0) is 20.9 Å². The van der Waals surface area contributed by atoms with E-state index in [-0.39, 0.29) is 11.7 Å². The van der Waals surface area contributed by atoms with Crippen LogP contribution in [0.3, 0.4) is 0 Å². The van der Waals surface area contributed by atoms with Crippen LogP contribution in [0.5, 0.6) is 0 Å². The molecule has 0 spiro atoms. The summed E-state index contributed by atoms with van der Waals surface area (Å²) in [5.41, 5.74) is 1.74. The number of aromatic nitrogens is 3. The summed E-state index contributed by atoms with van der Waals surface area (Å²) in [6.45, 7) is 6.08. The van der Waals surface area contributed by atoms with E-state index in [4.69, 9.17) is 9.15 Å². The zero-order valence-electron chi connectivity index (χ0n) is 16.4. The molecule has 0 aliphatic heterocycles. The summed E-state index contributed by atoms with van der Waals surface area (Å²) >= 11 is 1.20. The molecule has 1 aromatic carbocycles. The zero-order chi connectivity index (χ0) is 20.8. The molecule has 1 atom stereocenters. The summed E-state index contributed by atoms with van der Waals surface area (Å²) in [5.74, 6) is 0.323. The number of hydrogen-bond acceptors (Lipinski definition) is 7. The maximum atomic E-state index is 12.2. The van der Waals surface area contributed by atoms with Crippen molar-refractivity contribution in [3.63, 3.8) is 0 Å². The molecule has 1 N–H and O–H groups in total. The average molecular weight is 414 g/mol. The third-order valence-corrected chi connectivity index (χ3v) is 5.03. The van der Waals surface area contributed by atoms with Gasteiger partial charge in [-0.1, -0.05) is 29.5 Å². The molecule has 0 unspecified atom stereocenters. The second kappa shape index (κ2) is 9.42. The highest BCUT2D eigenvalue weighted by Crippen LogP contribution is 2.24. The fraction of sp³-hybridized carbons (Fsp3) is 0.300. The van der Waals surface area contributed by atoms with Gasteiger partial charge in [-0.2, -0.15) is 0 Å². The summed E-state index contributed by atoms with van der Waals surface area (Å²) in [4.78, 5) is 24.4. The van der Waals surface area contributed by atoms with Gasteiger partial charge in [0.25, 0.3) is 5.91 Å². The van der Waals surface area contributed by atoms with Crippen LogP contribution in [0.2, 0.25) is 0 Å². The van der Waals surface area contributed by atoms with Crippen molar-refractivity contribution in [2.75, 3.05) is 11.1 Å². The molecule has 0 bridgehead atoms. The van der Waals surface area contributed by atoms with Crippen LogP contribution in [0.15, 0.2) is 52.2 Å². The quantitative estimate of drug-likeness (QED) is 0.445. The number of aryl methyl sites for hydroxylation is 1. The molecule has 2 aromatic heterocycles. The Hall–Kier alpha value is -3.07. The Balaban J connectivity index is 1.53. The number of esters is 1. The number of nitrogens with one attached hydrogen (secondary N) is 1. The molecular formula is C20H22N4O4S. The third kappa shape index (κ3) is 5.26. The summed E-state index contributed by atoms with van der Waals surface area (Å²) in [5, 5.41) is 11.6. The highest BCUT2D eigenvalue weighted by Gasteiger charge is 2.20. The van der Waals surface area contributed by atoms with E-state index in [2.05, 4.69) is 15.5 Å². The molecule has 0 saturated carbocycles. The van der Waals surface area contributed by atoms with E-state index < -0.39 is 12.1 Å². The zero-order valence-corrected chi connectivity index (χ0v) is 17.2. The molecule has 0 fully saturated rings. The van der Waals surface area contributed by atoms with Crippen LogP contribution in [0.4, 0.5) is 5.69 Å². The van der Waals surface area contributed by atoms with Crippen LogP contribution < -0.4 is 5.32 Å². The van der Waals surface area contributed by atoms with Crippen molar-refractivity contribution in [1.29, 1.82) is 0 Å². The number of carbonyl (C=O) groups excluding carboxylic acids is 2. The molecule has 0 radical (unpaired) electrons. The van der Waals surface area contributed by atoms with E-state index in [0.29, 0.717) is 29.0 Å². The number of ether oxygens (including phenoxy) is 1. The maximum Gasteiger partial charge on any atom is 0.317 e. The van der Waals surface area contributed by atoms with Crippen LogP contribution in [0.25, 0.3) is 11.6 Å². The Morgan fingerprint density at radius 2 is 2.00 bits per heavy atom. The second-order valence-corrected chi connectivity index (χ2v) is 7.25. The Bertz CT molecular complexity index is 967. The van der Waals surface area contributed by atoms with Gasteiger partial charge >= 0.3 is 5.97 Å². The van der Waals surface area contributed by atoms with E-state index in [1.54, 1.807) is 30.5 Å². The number of nitrogens with zero attached hydrogens (tertiary/aromatic N) is 3. The minimum Gasteiger partial charge on any atom is -0.461 e. The lowest BCUT2D eigenvalue weighted by atomic mass is 10.2. The van der Waals surface area contributed by atoms with Crippen molar-refractivity contribution >= 4 is 29.3 Å². The molecule has 8 nitrogen and oxygen atoms in total. The molecule has 3 rings (SSSR count). The number of hydrogen-bond donors (Lipinski definition) is 1. The summed E-state index contributed by atoms with van der Waals surface area (Å²) in [6.07, 6.45) is 0.657. The van der Waals surface area contributed by atoms with Gasteiger partial charge in [-0.05, 0) is 45.0 Å². The fourth-order valence-corrected chi connectivity index (χ4v) is 3.34. The number of amides is 1. The molecule has 1 amide bonds. The first-order valence-corrected chi connectivity index (χ1v) is 10.1. The Morgan fingerprint density at radius 1 is 1.24 bits per heavy atom. The van der Waals surface area contributed by atoms with Gasteiger partial charge in [0.2, 0.25) is 0 Å². The minimum atomic E-state index is -0.910. The van der Waals surface area contributed by atoms with Crippen molar-refractivity contribution in [1.82, 2.24) is 14.8 Å². The van der Waals surface area contributed by atoms with Gasteiger partial charge in [0.15, 0.2) is 22.8 Å². The van der Waals surface area contributed by atoms with E-state index in [1.807, 2.05) is 30.5 Å². The molecule has 0 aliphatic carbocycles. The monoisotopic (exact) mass is 414 g/mol. The van der Waals surface area contributed by atoms with Gasteiger partial charge in [0.05, 0.1) is 12.0 Å². The molecule has 9 heteroatoms. The number of anilines is 1. The minimum absolute atomic E-state index is 0.0123. The number of carbonyl (C=O) groups is 2. The molecule has 3 aromatic rings. The molecule has 0 saturated heterocycles.